The van der Waals surface area contributed by atoms with Crippen LogP contribution in [0.1, 0.15) is 19.8 Å². The largest absolute Gasteiger partial charge is 0.480 e. The minimum Gasteiger partial charge on any atom is -0.480 e. The van der Waals surface area contributed by atoms with Crippen molar-refractivity contribution in [1.29, 1.82) is 0 Å². The van der Waals surface area contributed by atoms with Crippen LogP contribution < -0.4 is 0 Å². The van der Waals surface area contributed by atoms with Gasteiger partial charge in [0.05, 0.1) is 6.61 Å². The molecule has 0 spiro atoms. The number of ether oxygens (including phenoxy) is 2. The standard InChI is InChI=1S/C11H21NO4/c1-9(8-15-3)12(2)11(10(13)14)4-6-16-7-5-11/h9H,4-8H2,1-3H3,(H,13,14). The van der Waals surface area contributed by atoms with E-state index in [2.05, 4.69) is 0 Å². The van der Waals surface area contributed by atoms with Crippen LogP contribution in [0.5, 0.6) is 0 Å². The van der Waals surface area contributed by atoms with Gasteiger partial charge in [0, 0.05) is 26.4 Å². The molecule has 0 aromatic heterocycles. The molecule has 1 saturated heterocycles. The summed E-state index contributed by atoms with van der Waals surface area (Å²) in [6, 6.07) is 0.0826. The predicted molar refractivity (Wildman–Crippen MR) is 59.5 cm³/mol. The molecule has 0 aromatic rings. The van der Waals surface area contributed by atoms with Gasteiger partial charge in [0.25, 0.3) is 0 Å². The van der Waals surface area contributed by atoms with E-state index in [9.17, 15) is 9.90 Å². The van der Waals surface area contributed by atoms with Gasteiger partial charge in [-0.3, -0.25) is 9.69 Å². The first kappa shape index (κ1) is 13.4. The summed E-state index contributed by atoms with van der Waals surface area (Å²) in [6.45, 7) is 3.53. The van der Waals surface area contributed by atoms with E-state index in [1.165, 1.54) is 0 Å². The molecule has 1 unspecified atom stereocenters. The van der Waals surface area contributed by atoms with E-state index in [1.54, 1.807) is 7.11 Å². The fourth-order valence-corrected chi connectivity index (χ4v) is 2.20. The fourth-order valence-electron chi connectivity index (χ4n) is 2.20. The van der Waals surface area contributed by atoms with E-state index < -0.39 is 11.5 Å². The Labute approximate surface area is 96.3 Å². The summed E-state index contributed by atoms with van der Waals surface area (Å²) < 4.78 is 10.3. The average Bonchev–Trinajstić information content (AvgIpc) is 2.29. The molecule has 94 valence electrons. The van der Waals surface area contributed by atoms with Crippen molar-refractivity contribution in [2.75, 3.05) is 34.0 Å². The molecule has 0 bridgehead atoms. The molecule has 1 aliphatic rings. The van der Waals surface area contributed by atoms with Crippen LogP contribution in [0.15, 0.2) is 0 Å². The number of methoxy groups -OCH3 is 1. The van der Waals surface area contributed by atoms with Gasteiger partial charge in [-0.1, -0.05) is 0 Å². The molecule has 0 aromatic carbocycles. The van der Waals surface area contributed by atoms with Crippen molar-refractivity contribution in [3.05, 3.63) is 0 Å². The second-order valence-electron chi connectivity index (χ2n) is 4.36. The predicted octanol–water partition coefficient (Wildman–Crippen LogP) is 0.587. The number of likely N-dealkylation sites (N-methyl/N-ethyl adjacent to an activating group) is 1. The summed E-state index contributed by atoms with van der Waals surface area (Å²) in [4.78, 5) is 13.4. The normalized spacial score (nSPS) is 22.0. The molecule has 5 heteroatoms. The van der Waals surface area contributed by atoms with Gasteiger partial charge >= 0.3 is 5.97 Å². The first-order chi connectivity index (χ1) is 7.54. The zero-order valence-electron chi connectivity index (χ0n) is 10.2. The second kappa shape index (κ2) is 5.61. The summed E-state index contributed by atoms with van der Waals surface area (Å²) >= 11 is 0. The molecule has 1 rings (SSSR count). The summed E-state index contributed by atoms with van der Waals surface area (Å²) in [6.07, 6.45) is 1.07. The first-order valence-electron chi connectivity index (χ1n) is 5.57. The summed E-state index contributed by atoms with van der Waals surface area (Å²) in [5, 5.41) is 9.44. The minimum absolute atomic E-state index is 0.0826. The third kappa shape index (κ3) is 2.53. The lowest BCUT2D eigenvalue weighted by molar-refractivity contribution is -0.160. The Morgan fingerprint density at radius 2 is 2.12 bits per heavy atom. The van der Waals surface area contributed by atoms with Gasteiger partial charge in [-0.05, 0) is 26.8 Å². The van der Waals surface area contributed by atoms with Crippen molar-refractivity contribution < 1.29 is 19.4 Å². The Kier molecular flexibility index (Phi) is 4.70. The van der Waals surface area contributed by atoms with Crippen LogP contribution in [0.3, 0.4) is 0 Å². The lowest BCUT2D eigenvalue weighted by atomic mass is 9.87. The Bertz CT molecular complexity index is 238. The Balaban J connectivity index is 2.79. The molecule has 0 radical (unpaired) electrons. The maximum atomic E-state index is 11.5. The average molecular weight is 231 g/mol. The van der Waals surface area contributed by atoms with Crippen LogP contribution in [-0.4, -0.2) is 61.5 Å². The summed E-state index contributed by atoms with van der Waals surface area (Å²) in [5.41, 5.74) is -0.795. The molecule has 0 amide bonds. The van der Waals surface area contributed by atoms with E-state index in [0.29, 0.717) is 32.7 Å². The van der Waals surface area contributed by atoms with Crippen LogP contribution in [0.2, 0.25) is 0 Å². The molecule has 1 fully saturated rings. The van der Waals surface area contributed by atoms with Gasteiger partial charge in [-0.15, -0.1) is 0 Å². The molecular weight excluding hydrogens is 210 g/mol. The van der Waals surface area contributed by atoms with Crippen molar-refractivity contribution in [2.45, 2.75) is 31.3 Å². The van der Waals surface area contributed by atoms with Gasteiger partial charge < -0.3 is 14.6 Å². The van der Waals surface area contributed by atoms with E-state index in [0.717, 1.165) is 0 Å². The van der Waals surface area contributed by atoms with Gasteiger partial charge in [-0.2, -0.15) is 0 Å². The molecule has 16 heavy (non-hydrogen) atoms. The van der Waals surface area contributed by atoms with Crippen molar-refractivity contribution in [2.24, 2.45) is 0 Å². The quantitative estimate of drug-likeness (QED) is 0.750. The highest BCUT2D eigenvalue weighted by Gasteiger charge is 2.45. The highest BCUT2D eigenvalue weighted by Crippen LogP contribution is 2.28. The zero-order valence-corrected chi connectivity index (χ0v) is 10.2. The maximum absolute atomic E-state index is 11.5. The lowest BCUT2D eigenvalue weighted by Crippen LogP contribution is -2.59. The third-order valence-corrected chi connectivity index (χ3v) is 3.46. The minimum atomic E-state index is -0.795. The lowest BCUT2D eigenvalue weighted by Gasteiger charge is -2.43. The van der Waals surface area contributed by atoms with E-state index >= 15 is 0 Å². The Morgan fingerprint density at radius 3 is 2.56 bits per heavy atom. The van der Waals surface area contributed by atoms with Crippen LogP contribution in [0.4, 0.5) is 0 Å². The number of aliphatic carboxylic acids is 1. The van der Waals surface area contributed by atoms with Gasteiger partial charge in [0.1, 0.15) is 5.54 Å². The van der Waals surface area contributed by atoms with Crippen LogP contribution in [0, 0.1) is 0 Å². The van der Waals surface area contributed by atoms with Crippen molar-refractivity contribution in [1.82, 2.24) is 4.90 Å². The highest BCUT2D eigenvalue weighted by atomic mass is 16.5. The molecule has 1 N–H and O–H groups in total. The highest BCUT2D eigenvalue weighted by molar-refractivity contribution is 5.79. The van der Waals surface area contributed by atoms with Gasteiger partial charge in [0.2, 0.25) is 0 Å². The van der Waals surface area contributed by atoms with E-state index in [4.69, 9.17) is 9.47 Å². The Hall–Kier alpha value is -0.650. The number of nitrogens with zero attached hydrogens (tertiary/aromatic N) is 1. The molecule has 5 nitrogen and oxygen atoms in total. The van der Waals surface area contributed by atoms with Crippen LogP contribution in [0.25, 0.3) is 0 Å². The molecule has 0 saturated carbocycles. The zero-order chi connectivity index (χ0) is 12.2. The van der Waals surface area contributed by atoms with E-state index in [-0.39, 0.29) is 6.04 Å². The third-order valence-electron chi connectivity index (χ3n) is 3.46. The number of carboxylic acids is 1. The fraction of sp³-hybridized carbons (Fsp3) is 0.909. The van der Waals surface area contributed by atoms with Crippen LogP contribution in [-0.2, 0) is 14.3 Å². The van der Waals surface area contributed by atoms with Crippen molar-refractivity contribution in [3.8, 4) is 0 Å². The molecule has 0 aliphatic carbocycles. The second-order valence-corrected chi connectivity index (χ2v) is 4.36. The number of carbonyl (C=O) groups is 1. The Morgan fingerprint density at radius 1 is 1.56 bits per heavy atom. The molecule has 1 heterocycles. The molecule has 1 aliphatic heterocycles. The monoisotopic (exact) mass is 231 g/mol. The van der Waals surface area contributed by atoms with Crippen molar-refractivity contribution in [3.63, 3.8) is 0 Å². The number of rotatable bonds is 5. The number of hydrogen-bond donors (Lipinski definition) is 1. The maximum Gasteiger partial charge on any atom is 0.324 e. The number of hydrogen-bond acceptors (Lipinski definition) is 4. The topological polar surface area (TPSA) is 59.0 Å². The molecule has 1 atom stereocenters. The number of carboxylic acid groups (broad SMARTS) is 1. The summed E-state index contributed by atoms with van der Waals surface area (Å²) in [7, 11) is 3.48. The van der Waals surface area contributed by atoms with Crippen LogP contribution >= 0.6 is 0 Å². The molecular formula is C11H21NO4. The van der Waals surface area contributed by atoms with Crippen molar-refractivity contribution >= 4 is 5.97 Å². The van der Waals surface area contributed by atoms with E-state index in [1.807, 2.05) is 18.9 Å². The first-order valence-corrected chi connectivity index (χ1v) is 5.57. The SMILES string of the molecule is COCC(C)N(C)C1(C(=O)O)CCOCC1. The van der Waals surface area contributed by atoms with Gasteiger partial charge in [-0.25, -0.2) is 0 Å². The smallest absolute Gasteiger partial charge is 0.324 e. The summed E-state index contributed by atoms with van der Waals surface area (Å²) in [5.74, 6) is -0.763. The van der Waals surface area contributed by atoms with Gasteiger partial charge in [0.15, 0.2) is 0 Å².